The van der Waals surface area contributed by atoms with Gasteiger partial charge in [-0.25, -0.2) is 9.78 Å². The highest BCUT2D eigenvalue weighted by Gasteiger charge is 2.19. The van der Waals surface area contributed by atoms with Gasteiger partial charge < -0.3 is 19.4 Å². The Balaban J connectivity index is 0.000000383. The Labute approximate surface area is 261 Å². The predicted octanol–water partition coefficient (Wildman–Crippen LogP) is 7.10. The molecule has 6 rings (SSSR count). The SMILES string of the molecule is CCc1cccc(O)c1.Cc1oc(-c2ccccc2)nc1CCOc1cccc(Cc2nn(-c3ccccc3)nc2C(=O)O)c1. The minimum Gasteiger partial charge on any atom is -0.508 e. The number of aromatic nitrogens is 4. The van der Waals surface area contributed by atoms with Crippen LogP contribution in [0.2, 0.25) is 0 Å². The van der Waals surface area contributed by atoms with E-state index in [9.17, 15) is 9.90 Å². The first-order chi connectivity index (χ1) is 21.9. The number of aromatic hydroxyl groups is 1. The number of benzene rings is 4. The highest BCUT2D eigenvalue weighted by atomic mass is 16.5. The van der Waals surface area contributed by atoms with Crippen molar-refractivity contribution in [3.05, 3.63) is 143 Å². The molecule has 6 aromatic rings. The number of aromatic carboxylic acids is 1. The van der Waals surface area contributed by atoms with E-state index in [-0.39, 0.29) is 5.69 Å². The summed E-state index contributed by atoms with van der Waals surface area (Å²) in [5.74, 6) is 1.30. The van der Waals surface area contributed by atoms with E-state index in [0.29, 0.717) is 48.2 Å². The molecule has 45 heavy (non-hydrogen) atoms. The molecule has 0 radical (unpaired) electrons. The van der Waals surface area contributed by atoms with E-state index >= 15 is 0 Å². The zero-order valence-electron chi connectivity index (χ0n) is 25.1. The smallest absolute Gasteiger partial charge is 0.358 e. The Kier molecular flexibility index (Phi) is 10.0. The first-order valence-electron chi connectivity index (χ1n) is 14.7. The quantitative estimate of drug-likeness (QED) is 0.170. The van der Waals surface area contributed by atoms with Gasteiger partial charge in [0.15, 0.2) is 5.69 Å². The van der Waals surface area contributed by atoms with Crippen LogP contribution in [0.15, 0.2) is 114 Å². The molecule has 0 aliphatic heterocycles. The number of oxazole rings is 1. The van der Waals surface area contributed by atoms with Gasteiger partial charge in [0.2, 0.25) is 5.89 Å². The van der Waals surface area contributed by atoms with Crippen LogP contribution in [0, 0.1) is 6.92 Å². The Hall–Kier alpha value is -5.70. The van der Waals surface area contributed by atoms with Crippen LogP contribution < -0.4 is 4.74 Å². The number of para-hydroxylation sites is 1. The van der Waals surface area contributed by atoms with E-state index in [1.54, 1.807) is 12.1 Å². The molecule has 228 valence electrons. The number of carboxylic acid groups (broad SMARTS) is 1. The number of phenols is 1. The number of phenolic OH excluding ortho intramolecular Hbond substituents is 1. The zero-order chi connectivity index (χ0) is 31.6. The Morgan fingerprint density at radius 2 is 1.56 bits per heavy atom. The Morgan fingerprint density at radius 3 is 2.24 bits per heavy atom. The summed E-state index contributed by atoms with van der Waals surface area (Å²) < 4.78 is 11.8. The van der Waals surface area contributed by atoms with Crippen LogP contribution in [0.25, 0.3) is 17.1 Å². The third kappa shape index (κ3) is 8.23. The lowest BCUT2D eigenvalue weighted by atomic mass is 10.1. The van der Waals surface area contributed by atoms with Crippen molar-refractivity contribution in [2.75, 3.05) is 6.61 Å². The van der Waals surface area contributed by atoms with Crippen LogP contribution >= 0.6 is 0 Å². The van der Waals surface area contributed by atoms with Crippen LogP contribution in [0.1, 0.15) is 45.7 Å². The van der Waals surface area contributed by atoms with Crippen LogP contribution in [0.4, 0.5) is 0 Å². The average Bonchev–Trinajstić information content (AvgIpc) is 3.66. The highest BCUT2D eigenvalue weighted by Crippen LogP contribution is 2.23. The summed E-state index contributed by atoms with van der Waals surface area (Å²) in [7, 11) is 0. The molecule has 0 amide bonds. The molecule has 9 nitrogen and oxygen atoms in total. The zero-order valence-corrected chi connectivity index (χ0v) is 25.1. The summed E-state index contributed by atoms with van der Waals surface area (Å²) >= 11 is 0. The largest absolute Gasteiger partial charge is 0.508 e. The molecule has 0 aliphatic rings. The second-order valence-electron chi connectivity index (χ2n) is 10.3. The molecule has 0 unspecified atom stereocenters. The summed E-state index contributed by atoms with van der Waals surface area (Å²) in [6, 6.07) is 33.9. The van der Waals surface area contributed by atoms with Gasteiger partial charge in [0.1, 0.15) is 23.0 Å². The molecule has 0 saturated carbocycles. The maximum Gasteiger partial charge on any atom is 0.358 e. The van der Waals surface area contributed by atoms with E-state index in [4.69, 9.17) is 14.3 Å². The van der Waals surface area contributed by atoms with Crippen molar-refractivity contribution in [2.45, 2.75) is 33.1 Å². The first kappa shape index (κ1) is 30.7. The molecule has 0 fully saturated rings. The number of hydrogen-bond donors (Lipinski definition) is 2. The van der Waals surface area contributed by atoms with Crippen LogP contribution in [0.3, 0.4) is 0 Å². The third-order valence-electron chi connectivity index (χ3n) is 6.98. The number of ether oxygens (including phenoxy) is 1. The van der Waals surface area contributed by atoms with Crippen LogP contribution in [0.5, 0.6) is 11.5 Å². The molecule has 0 bridgehead atoms. The third-order valence-corrected chi connectivity index (χ3v) is 6.98. The van der Waals surface area contributed by atoms with Crippen molar-refractivity contribution < 1.29 is 24.2 Å². The van der Waals surface area contributed by atoms with E-state index in [1.807, 2.05) is 104 Å². The molecule has 2 N–H and O–H groups in total. The van der Waals surface area contributed by atoms with Gasteiger partial charge in [0, 0.05) is 18.4 Å². The van der Waals surface area contributed by atoms with Gasteiger partial charge in [-0.05, 0) is 73.0 Å². The minimum absolute atomic E-state index is 0.0686. The number of carbonyl (C=O) groups is 1. The Morgan fingerprint density at radius 1 is 0.844 bits per heavy atom. The second kappa shape index (κ2) is 14.7. The van der Waals surface area contributed by atoms with Crippen molar-refractivity contribution in [3.63, 3.8) is 0 Å². The molecule has 2 aromatic heterocycles. The lowest BCUT2D eigenvalue weighted by Crippen LogP contribution is -2.04. The van der Waals surface area contributed by atoms with E-state index in [1.165, 1.54) is 10.4 Å². The van der Waals surface area contributed by atoms with Gasteiger partial charge in [0.25, 0.3) is 0 Å². The number of hydrogen-bond acceptors (Lipinski definition) is 7. The maximum atomic E-state index is 11.8. The fourth-order valence-corrected chi connectivity index (χ4v) is 4.64. The van der Waals surface area contributed by atoms with Crippen molar-refractivity contribution in [2.24, 2.45) is 0 Å². The standard InChI is InChI=1S/C28H24N4O4.C8H10O/c1-19-24(29-27(36-19)21-10-4-2-5-11-21)15-16-35-23-14-8-9-20(17-23)18-25-26(28(33)34)31-32(30-25)22-12-6-3-7-13-22;1-2-7-4-3-5-8(9)6-7/h2-14,17H,15-16,18H2,1H3,(H,33,34);3-6,9H,2H2,1H3. The summed E-state index contributed by atoms with van der Waals surface area (Å²) in [4.78, 5) is 17.7. The lowest BCUT2D eigenvalue weighted by Gasteiger charge is -2.07. The number of aryl methyl sites for hydroxylation is 2. The summed E-state index contributed by atoms with van der Waals surface area (Å²) in [6.07, 6.45) is 1.89. The normalized spacial score (nSPS) is 10.6. The first-order valence-corrected chi connectivity index (χ1v) is 14.7. The number of nitrogens with zero attached hydrogens (tertiary/aromatic N) is 4. The Bertz CT molecular complexity index is 1850. The highest BCUT2D eigenvalue weighted by molar-refractivity contribution is 5.86. The molecule has 9 heteroatoms. The van der Waals surface area contributed by atoms with Gasteiger partial charge >= 0.3 is 5.97 Å². The van der Waals surface area contributed by atoms with E-state index in [0.717, 1.165) is 29.0 Å². The van der Waals surface area contributed by atoms with Gasteiger partial charge in [-0.3, -0.25) is 0 Å². The lowest BCUT2D eigenvalue weighted by molar-refractivity contribution is 0.0689. The van der Waals surface area contributed by atoms with Crippen molar-refractivity contribution >= 4 is 5.97 Å². The van der Waals surface area contributed by atoms with Crippen molar-refractivity contribution in [1.29, 1.82) is 0 Å². The number of rotatable bonds is 10. The number of carboxylic acids is 1. The van der Waals surface area contributed by atoms with E-state index < -0.39 is 5.97 Å². The minimum atomic E-state index is -1.11. The summed E-state index contributed by atoms with van der Waals surface area (Å²) in [5.41, 5.74) is 4.85. The van der Waals surface area contributed by atoms with Gasteiger partial charge in [-0.1, -0.05) is 67.6 Å². The van der Waals surface area contributed by atoms with Gasteiger partial charge in [-0.2, -0.15) is 9.90 Å². The van der Waals surface area contributed by atoms with Crippen LogP contribution in [-0.4, -0.2) is 42.8 Å². The molecule has 4 aromatic carbocycles. The second-order valence-corrected chi connectivity index (χ2v) is 10.3. The summed E-state index contributed by atoms with van der Waals surface area (Å²) in [6.45, 7) is 4.39. The van der Waals surface area contributed by atoms with Crippen LogP contribution in [-0.2, 0) is 19.3 Å². The molecular weight excluding hydrogens is 568 g/mol. The van der Waals surface area contributed by atoms with E-state index in [2.05, 4.69) is 22.1 Å². The van der Waals surface area contributed by atoms with Crippen molar-refractivity contribution in [3.8, 4) is 28.6 Å². The fraction of sp³-hybridized carbons (Fsp3) is 0.167. The molecule has 0 spiro atoms. The monoisotopic (exact) mass is 602 g/mol. The maximum absolute atomic E-state index is 11.8. The molecular formula is C36H34N4O5. The molecule has 2 heterocycles. The van der Waals surface area contributed by atoms with Gasteiger partial charge in [0.05, 0.1) is 18.0 Å². The average molecular weight is 603 g/mol. The van der Waals surface area contributed by atoms with Gasteiger partial charge in [-0.15, -0.1) is 5.10 Å². The van der Waals surface area contributed by atoms with Crippen molar-refractivity contribution in [1.82, 2.24) is 20.0 Å². The topological polar surface area (TPSA) is 124 Å². The predicted molar refractivity (Wildman–Crippen MR) is 171 cm³/mol. The molecule has 0 saturated heterocycles. The summed E-state index contributed by atoms with van der Waals surface area (Å²) in [5, 5.41) is 27.2. The fourth-order valence-electron chi connectivity index (χ4n) is 4.64. The molecule has 0 atom stereocenters. The molecule has 0 aliphatic carbocycles.